The second-order valence-electron chi connectivity index (χ2n) is 23.6. The minimum atomic E-state index is -1.88. The lowest BCUT2D eigenvalue weighted by molar-refractivity contribution is -0.162. The highest BCUT2D eigenvalue weighted by atomic mass is 16.7. The van der Waals surface area contributed by atoms with E-state index in [-0.39, 0.29) is 69.5 Å². The molecule has 2 heterocycles. The van der Waals surface area contributed by atoms with Crippen molar-refractivity contribution in [2.24, 2.45) is 11.8 Å². The summed E-state index contributed by atoms with van der Waals surface area (Å²) in [6, 6.07) is 7.92. The number of allylic oxidation sites excluding steroid dienone is 4. The number of rotatable bonds is 20. The molecule has 21 heteroatoms. The molecule has 2 saturated heterocycles. The van der Waals surface area contributed by atoms with E-state index in [1.807, 2.05) is 44.2 Å². The Hall–Kier alpha value is -7.10. The number of Topliss-reactive ketones (excluding diaryl/α,β-unsaturated/α-hetero) is 2. The quantitative estimate of drug-likeness (QED) is 0.0482. The number of hydrogen-bond acceptors (Lipinski definition) is 17. The molecule has 4 aliphatic rings. The highest BCUT2D eigenvalue weighted by molar-refractivity contribution is 5.88. The number of nitrogens with one attached hydrogen (secondary N) is 2. The van der Waals surface area contributed by atoms with Gasteiger partial charge >= 0.3 is 30.2 Å². The van der Waals surface area contributed by atoms with Gasteiger partial charge < -0.3 is 52.8 Å². The number of fused-ring (bicyclic) bond motifs is 5. The molecule has 4 amide bonds. The monoisotopic (exact) mass is 1200 g/mol. The fourth-order valence-corrected chi connectivity index (χ4v) is 11.1. The second-order valence-corrected chi connectivity index (χ2v) is 23.6. The number of epoxide rings is 1. The smallest absolute Gasteiger partial charge is 0.412 e. The maximum absolute atomic E-state index is 14.5. The number of aliphatic hydroxyl groups is 1. The first-order valence-electron chi connectivity index (χ1n) is 30.0. The molecule has 0 aromatic heterocycles. The SMILES string of the molecule is CCC(=O)CCc1cc(COC(=O)N(C)CCC(C)C(=O)OCCC(=O)N(C)[C@@H](C)C(=O)O[C@H]2CC(=O)C(C)c3cc(cc(OC)c3C)C/C(C)=C/C=C/C(OC)C3(O)CC(OC(=O)N3)[C@@H](C)[C@@H]3O[C@@]23C)ccc1NC(=O)OC1/C=C/CCCCC1. The summed E-state index contributed by atoms with van der Waals surface area (Å²) in [5.41, 5.74) is 2.01. The molecular weight excluding hydrogens is 1110 g/mol. The molecule has 2 aromatic carbocycles. The number of aryl methyl sites for hydroxylation is 1. The summed E-state index contributed by atoms with van der Waals surface area (Å²) in [5.74, 6) is -3.50. The van der Waals surface area contributed by atoms with Crippen LogP contribution in [-0.2, 0) is 76.6 Å². The Kier molecular flexibility index (Phi) is 24.5. The van der Waals surface area contributed by atoms with E-state index in [0.29, 0.717) is 41.8 Å². The van der Waals surface area contributed by atoms with Crippen molar-refractivity contribution < 1.29 is 81.4 Å². The van der Waals surface area contributed by atoms with E-state index in [0.717, 1.165) is 54.4 Å². The van der Waals surface area contributed by atoms with Gasteiger partial charge in [-0.05, 0) is 119 Å². The van der Waals surface area contributed by atoms with Gasteiger partial charge in [0.2, 0.25) is 5.91 Å². The van der Waals surface area contributed by atoms with Gasteiger partial charge in [-0.3, -0.25) is 29.8 Å². The molecule has 2 fully saturated rings. The van der Waals surface area contributed by atoms with Crippen LogP contribution in [0.25, 0.3) is 0 Å². The number of methoxy groups -OCH3 is 2. The zero-order valence-corrected chi connectivity index (χ0v) is 52.2. The van der Waals surface area contributed by atoms with Crippen LogP contribution in [0, 0.1) is 18.8 Å². The van der Waals surface area contributed by atoms with Crippen molar-refractivity contribution >= 4 is 53.4 Å². The fraction of sp³-hybridized carbons (Fsp3) is 0.600. The molecule has 0 radical (unpaired) electrons. The molecule has 3 N–H and O–H groups in total. The van der Waals surface area contributed by atoms with Crippen LogP contribution >= 0.6 is 0 Å². The number of ether oxygens (including phenoxy) is 8. The molecule has 2 aromatic rings. The number of likely N-dealkylation sites (N-methyl/N-ethyl adjacent to an activating group) is 1. The Bertz CT molecular complexity index is 2870. The van der Waals surface area contributed by atoms with Gasteiger partial charge in [-0.2, -0.15) is 0 Å². The van der Waals surface area contributed by atoms with E-state index in [4.69, 9.17) is 37.9 Å². The zero-order chi connectivity index (χ0) is 63.0. The molecule has 6 rings (SSSR count). The minimum Gasteiger partial charge on any atom is -0.496 e. The number of hydrogen-bond donors (Lipinski definition) is 3. The average Bonchev–Trinajstić information content (AvgIpc) is 1.62. The number of alkyl carbamates (subject to hydrolysis) is 1. The molecule has 11 atom stereocenters. The summed E-state index contributed by atoms with van der Waals surface area (Å²) in [6.45, 7) is 13.8. The van der Waals surface area contributed by atoms with Crippen LogP contribution in [0.1, 0.15) is 153 Å². The summed E-state index contributed by atoms with van der Waals surface area (Å²) in [7, 11) is 5.94. The lowest BCUT2D eigenvalue weighted by Gasteiger charge is -2.42. The number of nitrogens with zero attached hydrogens (tertiary/aromatic N) is 2. The second kappa shape index (κ2) is 31.0. The van der Waals surface area contributed by atoms with Crippen LogP contribution < -0.4 is 15.4 Å². The van der Waals surface area contributed by atoms with Gasteiger partial charge in [0.25, 0.3) is 0 Å². The molecule has 0 spiro atoms. The van der Waals surface area contributed by atoms with Gasteiger partial charge in [0.1, 0.15) is 66.6 Å². The van der Waals surface area contributed by atoms with Crippen molar-refractivity contribution in [2.75, 3.05) is 46.8 Å². The third-order valence-electron chi connectivity index (χ3n) is 17.1. The summed E-state index contributed by atoms with van der Waals surface area (Å²) in [5, 5.41) is 17.3. The molecule has 4 bridgehead atoms. The number of esters is 2. The number of carbonyl (C=O) groups excluding carboxylic acids is 8. The molecular formula is C65H90N4O17. The Balaban J connectivity index is 1.03. The number of benzene rings is 2. The van der Waals surface area contributed by atoms with Crippen LogP contribution in [0.15, 0.2) is 66.3 Å². The number of carbonyl (C=O) groups is 8. The van der Waals surface area contributed by atoms with E-state index in [9.17, 15) is 43.5 Å². The van der Waals surface area contributed by atoms with Crippen LogP contribution in [0.2, 0.25) is 0 Å². The lowest BCUT2D eigenvalue weighted by Crippen LogP contribution is -2.63. The topological polar surface area (TPSA) is 264 Å². The molecule has 2 aliphatic carbocycles. The van der Waals surface area contributed by atoms with Gasteiger partial charge in [-0.15, -0.1) is 0 Å². The number of ketones is 2. The first-order valence-corrected chi connectivity index (χ1v) is 30.0. The third-order valence-corrected chi connectivity index (χ3v) is 17.1. The van der Waals surface area contributed by atoms with E-state index >= 15 is 0 Å². The normalized spacial score (nSPS) is 27.0. The predicted molar refractivity (Wildman–Crippen MR) is 319 cm³/mol. The van der Waals surface area contributed by atoms with Crippen molar-refractivity contribution in [3.63, 3.8) is 0 Å². The van der Waals surface area contributed by atoms with Crippen LogP contribution in [0.4, 0.5) is 20.1 Å². The summed E-state index contributed by atoms with van der Waals surface area (Å²) in [6.07, 6.45) is 8.93. The molecule has 0 saturated carbocycles. The van der Waals surface area contributed by atoms with Crippen molar-refractivity contribution in [1.29, 1.82) is 0 Å². The van der Waals surface area contributed by atoms with Gasteiger partial charge in [0.15, 0.2) is 5.72 Å². The molecule has 86 heavy (non-hydrogen) atoms. The van der Waals surface area contributed by atoms with Gasteiger partial charge in [0.05, 0.1) is 25.6 Å². The maximum Gasteiger partial charge on any atom is 0.412 e. The first kappa shape index (κ1) is 68.0. The summed E-state index contributed by atoms with van der Waals surface area (Å²) in [4.78, 5) is 109. The van der Waals surface area contributed by atoms with E-state index < -0.39 is 95.7 Å². The van der Waals surface area contributed by atoms with Crippen LogP contribution in [-0.4, -0.2) is 152 Å². The Labute approximate surface area is 505 Å². The van der Waals surface area contributed by atoms with E-state index in [1.54, 1.807) is 72.1 Å². The van der Waals surface area contributed by atoms with Gasteiger partial charge in [0, 0.05) is 71.0 Å². The molecule has 21 nitrogen and oxygen atoms in total. The maximum atomic E-state index is 14.5. The highest BCUT2D eigenvalue weighted by Crippen LogP contribution is 2.49. The summed E-state index contributed by atoms with van der Waals surface area (Å²) < 4.78 is 46.5. The minimum absolute atomic E-state index is 0.0657. The first-order chi connectivity index (χ1) is 40.8. The predicted octanol–water partition coefficient (Wildman–Crippen LogP) is 9.46. The van der Waals surface area contributed by atoms with Gasteiger partial charge in [-0.1, -0.05) is 82.2 Å². The van der Waals surface area contributed by atoms with Crippen LogP contribution in [0.3, 0.4) is 0 Å². The fourth-order valence-electron chi connectivity index (χ4n) is 11.1. The van der Waals surface area contributed by atoms with E-state index in [2.05, 4.69) is 10.6 Å². The largest absolute Gasteiger partial charge is 0.496 e. The van der Waals surface area contributed by atoms with Crippen molar-refractivity contribution in [3.8, 4) is 5.75 Å². The third kappa shape index (κ3) is 18.2. The molecule has 472 valence electrons. The van der Waals surface area contributed by atoms with Crippen molar-refractivity contribution in [2.45, 2.75) is 199 Å². The highest BCUT2D eigenvalue weighted by Gasteiger charge is 2.64. The van der Waals surface area contributed by atoms with Crippen LogP contribution in [0.5, 0.6) is 5.75 Å². The van der Waals surface area contributed by atoms with Crippen molar-refractivity contribution in [1.82, 2.24) is 15.1 Å². The lowest BCUT2D eigenvalue weighted by atomic mass is 9.82. The van der Waals surface area contributed by atoms with Gasteiger partial charge in [-0.25, -0.2) is 19.2 Å². The Morgan fingerprint density at radius 1 is 0.942 bits per heavy atom. The zero-order valence-electron chi connectivity index (χ0n) is 52.2. The standard InChI is InChI=1S/C65H90N4O17/c1-13-48(70)26-25-47-33-45(24-27-51(47)66-61(75)83-49-21-17-15-14-16-18-22-49)38-82-63(77)68(9)30-28-40(3)59(73)81-31-29-57(72)69(10)44(7)60(74)85-56-36-52(71)41(4)50-34-46(35-53(79-11)42(50)5)32-39(2)20-19-23-55(80-12)65(78)37-54(84-62(76)67-65)43(6)58-64(56,8)86-58/h17,19-21,23-24,27,33-35,40-41,43-44,49,54-56,58,78H,13-16,18,22,25-26,28-32,36-38H2,1-12H3,(H,66,75)(H,67,76)/b21-17+,23-19+,39-20+/t40?,41?,43-,44+,49?,54?,55?,56+,58+,64+,65?/m1/s1. The summed E-state index contributed by atoms with van der Waals surface area (Å²) >= 11 is 0. The number of amides is 4. The van der Waals surface area contributed by atoms with Crippen molar-refractivity contribution in [3.05, 3.63) is 94.1 Å². The molecule has 6 unspecified atom stereocenters. The molecule has 2 aliphatic heterocycles. The Morgan fingerprint density at radius 3 is 2.42 bits per heavy atom. The average molecular weight is 1200 g/mol. The van der Waals surface area contributed by atoms with E-state index in [1.165, 1.54) is 37.9 Å². The Morgan fingerprint density at radius 2 is 1.70 bits per heavy atom. The number of anilines is 1.